The summed E-state index contributed by atoms with van der Waals surface area (Å²) in [5.74, 6) is 1.23. The van der Waals surface area contributed by atoms with Crippen molar-refractivity contribution in [3.63, 3.8) is 0 Å². The number of rotatable bonds is 4. The second-order valence-corrected chi connectivity index (χ2v) is 7.80. The topological polar surface area (TPSA) is 61.3 Å². The molecular weight excluding hydrogens is 311 g/mol. The van der Waals surface area contributed by atoms with Crippen molar-refractivity contribution in [1.82, 2.24) is 9.97 Å². The molecule has 1 aromatic rings. The number of thioether (sulfide) groups is 1. The molecule has 0 amide bonds. The van der Waals surface area contributed by atoms with Gasteiger partial charge < -0.3 is 9.31 Å². The molecule has 7 heteroatoms. The highest BCUT2D eigenvalue weighted by Crippen LogP contribution is 2.39. The van der Waals surface area contributed by atoms with Gasteiger partial charge in [-0.25, -0.2) is 9.97 Å². The van der Waals surface area contributed by atoms with Crippen LogP contribution in [0.25, 0.3) is 6.08 Å². The third-order valence-electron chi connectivity index (χ3n) is 4.15. The molecule has 0 aliphatic carbocycles. The van der Waals surface area contributed by atoms with E-state index < -0.39 is 18.3 Å². The Morgan fingerprint density at radius 3 is 2.22 bits per heavy atom. The van der Waals surface area contributed by atoms with Crippen LogP contribution in [0.4, 0.5) is 0 Å². The van der Waals surface area contributed by atoms with E-state index in [1.54, 1.807) is 19.3 Å². The van der Waals surface area contributed by atoms with Crippen molar-refractivity contribution < 1.29 is 14.1 Å². The molecule has 1 aromatic heterocycles. The molecule has 0 atom stereocenters. The molecule has 23 heavy (non-hydrogen) atoms. The average molecular weight is 334 g/mol. The summed E-state index contributed by atoms with van der Waals surface area (Å²) in [6.07, 6.45) is 5.45. The molecule has 1 fully saturated rings. The van der Waals surface area contributed by atoms with E-state index in [0.29, 0.717) is 5.75 Å². The summed E-state index contributed by atoms with van der Waals surface area (Å²) >= 11 is 1.24. The first-order valence-electron chi connectivity index (χ1n) is 7.59. The van der Waals surface area contributed by atoms with Gasteiger partial charge in [0.25, 0.3) is 0 Å². The van der Waals surface area contributed by atoms with Gasteiger partial charge >= 0.3 is 7.12 Å². The van der Waals surface area contributed by atoms with E-state index in [1.165, 1.54) is 11.8 Å². The second-order valence-electron chi connectivity index (χ2n) is 6.65. The maximum atomic E-state index is 11.3. The van der Waals surface area contributed by atoms with Crippen molar-refractivity contribution in [1.29, 1.82) is 0 Å². The molecular formula is C16H23BN2O3S. The van der Waals surface area contributed by atoms with Crippen LogP contribution in [0.5, 0.6) is 0 Å². The molecule has 0 radical (unpaired) electrons. The molecule has 124 valence electrons. The smallest absolute Gasteiger partial charge is 0.400 e. The van der Waals surface area contributed by atoms with Gasteiger partial charge in [0.1, 0.15) is 5.82 Å². The Morgan fingerprint density at radius 2 is 1.74 bits per heavy atom. The van der Waals surface area contributed by atoms with Crippen LogP contribution in [0.15, 0.2) is 17.9 Å². The van der Waals surface area contributed by atoms with E-state index in [9.17, 15) is 4.79 Å². The molecule has 2 heterocycles. The van der Waals surface area contributed by atoms with Crippen molar-refractivity contribution in [2.75, 3.05) is 5.75 Å². The Hall–Kier alpha value is -1.18. The molecule has 0 bridgehead atoms. The number of carbonyl (C=O) groups is 1. The summed E-state index contributed by atoms with van der Waals surface area (Å²) in [4.78, 5) is 19.7. The molecule has 1 aliphatic rings. The van der Waals surface area contributed by atoms with Crippen molar-refractivity contribution in [3.05, 3.63) is 29.3 Å². The SMILES string of the molecule is CC(=O)SCC(=Cc1cnc(C)nc1)B1OC(C)(C)C(C)(C)O1. The molecule has 0 unspecified atom stereocenters. The number of hydrogen-bond donors (Lipinski definition) is 0. The Morgan fingerprint density at radius 1 is 1.22 bits per heavy atom. The summed E-state index contributed by atoms with van der Waals surface area (Å²) in [6, 6.07) is 0. The van der Waals surface area contributed by atoms with Gasteiger partial charge in [-0.05, 0) is 40.1 Å². The highest BCUT2D eigenvalue weighted by Gasteiger charge is 2.52. The molecule has 5 nitrogen and oxygen atoms in total. The Kier molecular flexibility index (Phi) is 5.33. The fourth-order valence-corrected chi connectivity index (χ4v) is 2.64. The predicted molar refractivity (Wildman–Crippen MR) is 94.0 cm³/mol. The van der Waals surface area contributed by atoms with Gasteiger partial charge in [0, 0.05) is 30.6 Å². The third-order valence-corrected chi connectivity index (χ3v) is 5.04. The lowest BCUT2D eigenvalue weighted by molar-refractivity contribution is -0.109. The minimum Gasteiger partial charge on any atom is -0.400 e. The van der Waals surface area contributed by atoms with E-state index in [-0.39, 0.29) is 5.12 Å². The number of hydrogen-bond acceptors (Lipinski definition) is 6. The molecule has 2 rings (SSSR count). The number of aryl methyl sites for hydroxylation is 1. The van der Waals surface area contributed by atoms with Crippen molar-refractivity contribution in [3.8, 4) is 0 Å². The van der Waals surface area contributed by atoms with E-state index in [0.717, 1.165) is 16.9 Å². The van der Waals surface area contributed by atoms with Crippen LogP contribution in [0.1, 0.15) is 46.0 Å². The molecule has 1 aliphatic heterocycles. The lowest BCUT2D eigenvalue weighted by Gasteiger charge is -2.32. The maximum Gasteiger partial charge on any atom is 0.491 e. The summed E-state index contributed by atoms with van der Waals surface area (Å²) in [7, 11) is -0.479. The Balaban J connectivity index is 2.28. The van der Waals surface area contributed by atoms with Gasteiger partial charge in [0.05, 0.1) is 11.2 Å². The first-order valence-corrected chi connectivity index (χ1v) is 8.57. The van der Waals surface area contributed by atoms with E-state index in [4.69, 9.17) is 9.31 Å². The molecule has 0 spiro atoms. The van der Waals surface area contributed by atoms with Gasteiger partial charge in [-0.2, -0.15) is 0 Å². The molecule has 0 aromatic carbocycles. The van der Waals surface area contributed by atoms with Gasteiger partial charge in [0.15, 0.2) is 5.12 Å². The number of aromatic nitrogens is 2. The van der Waals surface area contributed by atoms with Gasteiger partial charge in [0.2, 0.25) is 0 Å². The molecule has 0 N–H and O–H groups in total. The molecule has 1 saturated heterocycles. The van der Waals surface area contributed by atoms with Crippen molar-refractivity contribution in [2.45, 2.75) is 52.7 Å². The largest absolute Gasteiger partial charge is 0.491 e. The van der Waals surface area contributed by atoms with Crippen molar-refractivity contribution in [2.24, 2.45) is 0 Å². The molecule has 0 saturated carbocycles. The van der Waals surface area contributed by atoms with Crippen LogP contribution in [-0.4, -0.2) is 39.2 Å². The van der Waals surface area contributed by atoms with E-state index >= 15 is 0 Å². The zero-order chi connectivity index (χ0) is 17.3. The van der Waals surface area contributed by atoms with Crippen LogP contribution in [0.2, 0.25) is 0 Å². The Labute approximate surface area is 142 Å². The lowest BCUT2D eigenvalue weighted by atomic mass is 9.78. The lowest BCUT2D eigenvalue weighted by Crippen LogP contribution is -2.41. The zero-order valence-corrected chi connectivity index (χ0v) is 15.4. The highest BCUT2D eigenvalue weighted by atomic mass is 32.2. The highest BCUT2D eigenvalue weighted by molar-refractivity contribution is 8.13. The maximum absolute atomic E-state index is 11.3. The second kappa shape index (κ2) is 6.75. The number of carbonyl (C=O) groups excluding carboxylic acids is 1. The van der Waals surface area contributed by atoms with Gasteiger partial charge in [-0.1, -0.05) is 17.8 Å². The average Bonchev–Trinajstić information content (AvgIpc) is 2.65. The van der Waals surface area contributed by atoms with Crippen LogP contribution in [0, 0.1) is 6.92 Å². The fourth-order valence-electron chi connectivity index (χ4n) is 2.05. The summed E-state index contributed by atoms with van der Waals surface area (Å²) in [6.45, 7) is 11.4. The van der Waals surface area contributed by atoms with Crippen LogP contribution < -0.4 is 0 Å². The standard InChI is InChI=1S/C16H23BN2O3S/c1-11-18-8-13(9-19-11)7-14(10-23-12(2)20)17-21-15(3,4)16(5,6)22-17/h7-9H,10H2,1-6H3. The summed E-state index contributed by atoms with van der Waals surface area (Å²) in [5.41, 5.74) is 0.934. The Bertz CT molecular complexity index is 598. The summed E-state index contributed by atoms with van der Waals surface area (Å²) < 4.78 is 12.2. The predicted octanol–water partition coefficient (Wildman–Crippen LogP) is 3.08. The fraction of sp³-hybridized carbons (Fsp3) is 0.562. The minimum absolute atomic E-state index is 0.0626. The van der Waals surface area contributed by atoms with Gasteiger partial charge in [-0.3, -0.25) is 4.79 Å². The van der Waals surface area contributed by atoms with E-state index in [2.05, 4.69) is 9.97 Å². The van der Waals surface area contributed by atoms with E-state index in [1.807, 2.05) is 40.7 Å². The van der Waals surface area contributed by atoms with Crippen LogP contribution >= 0.6 is 11.8 Å². The summed E-state index contributed by atoms with van der Waals surface area (Å²) in [5, 5.41) is 0.0626. The minimum atomic E-state index is -0.479. The van der Waals surface area contributed by atoms with Crippen LogP contribution in [0.3, 0.4) is 0 Å². The normalized spacial score (nSPS) is 19.9. The third kappa shape index (κ3) is 4.43. The number of nitrogens with zero attached hydrogens (tertiary/aromatic N) is 2. The van der Waals surface area contributed by atoms with Crippen molar-refractivity contribution >= 4 is 30.1 Å². The zero-order valence-electron chi connectivity index (χ0n) is 14.5. The quantitative estimate of drug-likeness (QED) is 0.789. The first kappa shape index (κ1) is 18.2. The van der Waals surface area contributed by atoms with Crippen LogP contribution in [-0.2, 0) is 14.1 Å². The monoisotopic (exact) mass is 334 g/mol. The first-order chi connectivity index (χ1) is 10.6. The van der Waals surface area contributed by atoms with Gasteiger partial charge in [-0.15, -0.1) is 0 Å².